The first-order chi connectivity index (χ1) is 11.8. The second-order valence-electron chi connectivity index (χ2n) is 6.44. The first-order valence-electron chi connectivity index (χ1n) is 7.75. The third-order valence-electron chi connectivity index (χ3n) is 4.56. The van der Waals surface area contributed by atoms with Crippen LogP contribution in [0.2, 0.25) is 0 Å². The molecule has 0 amide bonds. The fraction of sp³-hybridized carbons (Fsp3) is 0.467. The van der Waals surface area contributed by atoms with E-state index in [9.17, 15) is 18.0 Å². The number of piperidine rings is 1. The monoisotopic (exact) mass is 353 g/mol. The summed E-state index contributed by atoms with van der Waals surface area (Å²) in [6.45, 7) is 1.85. The molecule has 0 spiro atoms. The summed E-state index contributed by atoms with van der Waals surface area (Å²) in [5.74, 6) is 0.418. The van der Waals surface area contributed by atoms with Crippen molar-refractivity contribution >= 4 is 11.9 Å². The zero-order valence-electron chi connectivity index (χ0n) is 12.9. The number of halogens is 3. The van der Waals surface area contributed by atoms with Gasteiger partial charge < -0.3 is 10.0 Å². The van der Waals surface area contributed by atoms with Crippen molar-refractivity contribution in [2.45, 2.75) is 19.1 Å². The van der Waals surface area contributed by atoms with Crippen molar-refractivity contribution in [1.29, 1.82) is 0 Å². The Labute approximate surface area is 140 Å². The van der Waals surface area contributed by atoms with Crippen molar-refractivity contribution in [1.82, 2.24) is 19.7 Å². The first-order valence-corrected chi connectivity index (χ1v) is 7.75. The zero-order valence-corrected chi connectivity index (χ0v) is 12.9. The van der Waals surface area contributed by atoms with Crippen molar-refractivity contribution < 1.29 is 23.1 Å². The number of aromatic nitrogens is 4. The average molecular weight is 353 g/mol. The van der Waals surface area contributed by atoms with Gasteiger partial charge in [0.25, 0.3) is 0 Å². The van der Waals surface area contributed by atoms with Crippen LogP contribution in [0.15, 0.2) is 18.6 Å². The van der Waals surface area contributed by atoms with Crippen LogP contribution in [0.1, 0.15) is 28.0 Å². The van der Waals surface area contributed by atoms with Crippen LogP contribution in [0.25, 0.3) is 0 Å². The van der Waals surface area contributed by atoms with Gasteiger partial charge in [0.05, 0.1) is 6.54 Å². The standard InChI is InChI=1S/C15H14F3N5O2/c16-15(17,18)12-11(13(24)25)7-23(21-12)4-8-2-19-14(20-3-8)22-5-9-1-10(9)6-22/h2-3,7,9-10H,1,4-6H2,(H,24,25). The highest BCUT2D eigenvalue weighted by molar-refractivity contribution is 5.88. The number of nitrogens with zero attached hydrogens (tertiary/aromatic N) is 5. The number of rotatable bonds is 4. The third kappa shape index (κ3) is 3.03. The van der Waals surface area contributed by atoms with Gasteiger partial charge in [-0.3, -0.25) is 4.68 Å². The van der Waals surface area contributed by atoms with Crippen LogP contribution in [0.3, 0.4) is 0 Å². The largest absolute Gasteiger partial charge is 0.478 e. The second kappa shape index (κ2) is 5.43. The molecule has 0 aromatic carbocycles. The topological polar surface area (TPSA) is 84.1 Å². The summed E-state index contributed by atoms with van der Waals surface area (Å²) in [6.07, 6.45) is 0.369. The number of carbonyl (C=O) groups is 1. The maximum Gasteiger partial charge on any atom is 0.436 e. The van der Waals surface area contributed by atoms with E-state index in [1.54, 1.807) is 0 Å². The third-order valence-corrected chi connectivity index (χ3v) is 4.56. The number of fused-ring (bicyclic) bond motifs is 1. The summed E-state index contributed by atoms with van der Waals surface area (Å²) in [4.78, 5) is 21.6. The van der Waals surface area contributed by atoms with E-state index in [1.807, 2.05) is 0 Å². The lowest BCUT2D eigenvalue weighted by atomic mass is 10.2. The van der Waals surface area contributed by atoms with E-state index < -0.39 is 23.4 Å². The van der Waals surface area contributed by atoms with E-state index >= 15 is 0 Å². The molecule has 25 heavy (non-hydrogen) atoms. The highest BCUT2D eigenvalue weighted by Crippen LogP contribution is 2.45. The van der Waals surface area contributed by atoms with Crippen molar-refractivity contribution in [3.05, 3.63) is 35.4 Å². The minimum Gasteiger partial charge on any atom is -0.478 e. The fourth-order valence-electron chi connectivity index (χ4n) is 3.21. The van der Waals surface area contributed by atoms with E-state index in [4.69, 9.17) is 5.11 Å². The Balaban J connectivity index is 1.51. The second-order valence-corrected chi connectivity index (χ2v) is 6.44. The van der Waals surface area contributed by atoms with Crippen LogP contribution in [-0.2, 0) is 12.7 Å². The molecule has 2 aromatic heterocycles. The molecular formula is C15H14F3N5O2. The number of carboxylic acid groups (broad SMARTS) is 1. The molecule has 1 aliphatic carbocycles. The normalized spacial score (nSPS) is 22.1. The zero-order chi connectivity index (χ0) is 17.8. The van der Waals surface area contributed by atoms with Crippen molar-refractivity contribution in [2.75, 3.05) is 18.0 Å². The van der Waals surface area contributed by atoms with Gasteiger partial charge in [-0.15, -0.1) is 0 Å². The molecule has 4 rings (SSSR count). The molecule has 3 heterocycles. The molecule has 2 atom stereocenters. The number of alkyl halides is 3. The molecule has 7 nitrogen and oxygen atoms in total. The number of hydrogen-bond donors (Lipinski definition) is 1. The van der Waals surface area contributed by atoms with Crippen molar-refractivity contribution in [2.24, 2.45) is 11.8 Å². The molecule has 2 unspecified atom stereocenters. The molecule has 0 bridgehead atoms. The molecule has 2 aliphatic rings. The van der Waals surface area contributed by atoms with Gasteiger partial charge in [-0.2, -0.15) is 18.3 Å². The van der Waals surface area contributed by atoms with E-state index in [-0.39, 0.29) is 6.54 Å². The number of carboxylic acids is 1. The number of aromatic carboxylic acids is 1. The lowest BCUT2D eigenvalue weighted by Crippen LogP contribution is -2.24. The lowest BCUT2D eigenvalue weighted by molar-refractivity contribution is -0.142. The van der Waals surface area contributed by atoms with Gasteiger partial charge in [-0.1, -0.05) is 0 Å². The Morgan fingerprint density at radius 3 is 2.40 bits per heavy atom. The summed E-state index contributed by atoms with van der Waals surface area (Å²) in [5, 5.41) is 12.3. The maximum atomic E-state index is 12.9. The van der Waals surface area contributed by atoms with E-state index in [0.29, 0.717) is 11.5 Å². The number of anilines is 1. The maximum absolute atomic E-state index is 12.9. The molecule has 1 N–H and O–H groups in total. The molecular weight excluding hydrogens is 339 g/mol. The van der Waals surface area contributed by atoms with Gasteiger partial charge >= 0.3 is 12.1 Å². The molecule has 2 aromatic rings. The average Bonchev–Trinajstić information content (AvgIpc) is 2.96. The molecule has 1 saturated heterocycles. The summed E-state index contributed by atoms with van der Waals surface area (Å²) in [5.41, 5.74) is -1.74. The van der Waals surface area contributed by atoms with Crippen LogP contribution in [0, 0.1) is 11.8 Å². The SMILES string of the molecule is O=C(O)c1cn(Cc2cnc(N3CC4CC4C3)nc2)nc1C(F)(F)F. The van der Waals surface area contributed by atoms with Crippen LogP contribution in [-0.4, -0.2) is 43.9 Å². The smallest absolute Gasteiger partial charge is 0.436 e. The van der Waals surface area contributed by atoms with Crippen molar-refractivity contribution in [3.63, 3.8) is 0 Å². The molecule has 2 fully saturated rings. The lowest BCUT2D eigenvalue weighted by Gasteiger charge is -2.17. The van der Waals surface area contributed by atoms with Crippen molar-refractivity contribution in [3.8, 4) is 0 Å². The van der Waals surface area contributed by atoms with Crippen LogP contribution < -0.4 is 4.90 Å². The highest BCUT2D eigenvalue weighted by atomic mass is 19.4. The van der Waals surface area contributed by atoms with E-state index in [1.165, 1.54) is 18.8 Å². The Morgan fingerprint density at radius 1 is 1.24 bits per heavy atom. The molecule has 10 heteroatoms. The van der Waals surface area contributed by atoms with Gasteiger partial charge in [0.15, 0.2) is 5.69 Å². The Morgan fingerprint density at radius 2 is 1.88 bits per heavy atom. The Kier molecular flexibility index (Phi) is 3.44. The predicted octanol–water partition coefficient (Wildman–Crippen LogP) is 1.89. The summed E-state index contributed by atoms with van der Waals surface area (Å²) in [7, 11) is 0. The van der Waals surface area contributed by atoms with Gasteiger partial charge in [0.1, 0.15) is 5.56 Å². The predicted molar refractivity (Wildman–Crippen MR) is 79.1 cm³/mol. The van der Waals surface area contributed by atoms with Crippen LogP contribution in [0.4, 0.5) is 19.1 Å². The molecule has 0 radical (unpaired) electrons. The van der Waals surface area contributed by atoms with E-state index in [2.05, 4.69) is 20.0 Å². The summed E-state index contributed by atoms with van der Waals surface area (Å²) in [6, 6.07) is 0. The summed E-state index contributed by atoms with van der Waals surface area (Å²) < 4.78 is 39.5. The number of hydrogen-bond acceptors (Lipinski definition) is 5. The Hall–Kier alpha value is -2.65. The molecule has 132 valence electrons. The minimum atomic E-state index is -4.82. The molecule has 1 saturated carbocycles. The van der Waals surface area contributed by atoms with Crippen LogP contribution in [0.5, 0.6) is 0 Å². The van der Waals surface area contributed by atoms with Gasteiger partial charge in [0.2, 0.25) is 5.95 Å². The molecule has 1 aliphatic heterocycles. The summed E-state index contributed by atoms with van der Waals surface area (Å²) >= 11 is 0. The van der Waals surface area contributed by atoms with Gasteiger partial charge in [-0.05, 0) is 18.3 Å². The fourth-order valence-corrected chi connectivity index (χ4v) is 3.21. The van der Waals surface area contributed by atoms with E-state index in [0.717, 1.165) is 35.8 Å². The van der Waals surface area contributed by atoms with Gasteiger partial charge in [0, 0.05) is 37.2 Å². The minimum absolute atomic E-state index is 0.0398. The first kappa shape index (κ1) is 15.9. The quantitative estimate of drug-likeness (QED) is 0.904. The van der Waals surface area contributed by atoms with Gasteiger partial charge in [-0.25, -0.2) is 14.8 Å². The van der Waals surface area contributed by atoms with Crippen LogP contribution >= 0.6 is 0 Å². The Bertz CT molecular complexity index is 808. The highest BCUT2D eigenvalue weighted by Gasteiger charge is 2.45.